The van der Waals surface area contributed by atoms with Gasteiger partial charge in [0.15, 0.2) is 5.78 Å². The van der Waals surface area contributed by atoms with Crippen LogP contribution in [0.1, 0.15) is 34.5 Å². The number of methoxy groups -OCH3 is 1. The number of hydrogen-bond acceptors (Lipinski definition) is 6. The number of nitrogens with zero attached hydrogens (tertiary/aromatic N) is 1. The van der Waals surface area contributed by atoms with Crippen LogP contribution in [0.25, 0.3) is 11.3 Å². The van der Waals surface area contributed by atoms with E-state index in [1.807, 2.05) is 0 Å². The normalized spacial score (nSPS) is 13.2. The fraction of sp³-hybridized carbons (Fsp3) is 0.308. The number of carbonyl (C=O) groups is 1. The molecular formula is C26H24ClF4NO5. The number of rotatable bonds is 10. The molecule has 0 aliphatic rings. The predicted molar refractivity (Wildman–Crippen MR) is 128 cm³/mol. The minimum Gasteiger partial charge on any atom is -0.494 e. The summed E-state index contributed by atoms with van der Waals surface area (Å²) in [5, 5.41) is 19.7. The van der Waals surface area contributed by atoms with Gasteiger partial charge in [-0.1, -0.05) is 11.6 Å². The van der Waals surface area contributed by atoms with E-state index in [1.54, 1.807) is 0 Å². The smallest absolute Gasteiger partial charge is 0.422 e. The fourth-order valence-corrected chi connectivity index (χ4v) is 3.88. The zero-order chi connectivity index (χ0) is 27.4. The van der Waals surface area contributed by atoms with Gasteiger partial charge in [-0.3, -0.25) is 4.79 Å². The maximum atomic E-state index is 14.2. The van der Waals surface area contributed by atoms with Crippen molar-refractivity contribution in [2.24, 2.45) is 0 Å². The maximum Gasteiger partial charge on any atom is 0.422 e. The highest BCUT2D eigenvalue weighted by Gasteiger charge is 2.56. The summed E-state index contributed by atoms with van der Waals surface area (Å²) in [5.41, 5.74) is -3.67. The van der Waals surface area contributed by atoms with Crippen molar-refractivity contribution in [3.8, 4) is 22.8 Å². The van der Waals surface area contributed by atoms with Crippen LogP contribution >= 0.6 is 11.6 Å². The number of pyridine rings is 1. The summed E-state index contributed by atoms with van der Waals surface area (Å²) >= 11 is 6.06. The molecule has 0 aliphatic carbocycles. The maximum absolute atomic E-state index is 14.2. The first kappa shape index (κ1) is 28.4. The molecule has 0 saturated heterocycles. The first-order valence-corrected chi connectivity index (χ1v) is 11.5. The number of aromatic nitrogens is 1. The van der Waals surface area contributed by atoms with E-state index in [0.717, 1.165) is 12.1 Å². The quantitative estimate of drug-likeness (QED) is 0.255. The van der Waals surface area contributed by atoms with Crippen molar-refractivity contribution in [3.63, 3.8) is 0 Å². The number of benzene rings is 2. The summed E-state index contributed by atoms with van der Waals surface area (Å²) in [6.45, 7) is 1.21. The second-order valence-corrected chi connectivity index (χ2v) is 8.62. The lowest BCUT2D eigenvalue weighted by Crippen LogP contribution is -2.43. The summed E-state index contributed by atoms with van der Waals surface area (Å²) in [7, 11) is 1.30. The van der Waals surface area contributed by atoms with Crippen LogP contribution < -0.4 is 9.47 Å². The van der Waals surface area contributed by atoms with Crippen molar-refractivity contribution < 1.29 is 42.0 Å². The first-order valence-electron chi connectivity index (χ1n) is 11.1. The minimum absolute atomic E-state index is 0.0241. The molecule has 0 fully saturated rings. The summed E-state index contributed by atoms with van der Waals surface area (Å²) in [6.07, 6.45) is -6.87. The largest absolute Gasteiger partial charge is 0.494 e. The van der Waals surface area contributed by atoms with Crippen LogP contribution in [-0.4, -0.2) is 47.5 Å². The summed E-state index contributed by atoms with van der Waals surface area (Å²) in [4.78, 5) is 16.7. The molecule has 1 heterocycles. The SMILES string of the molecule is COc1ccc(C(O)(CCC(=O)c2ccc(OCCO)c(Cl)c2)C(F)(F)F)nc1-c1ccc(F)c(C)c1. The van der Waals surface area contributed by atoms with Crippen LogP contribution in [0.5, 0.6) is 11.5 Å². The molecule has 1 atom stereocenters. The van der Waals surface area contributed by atoms with Crippen molar-refractivity contribution in [3.05, 3.63) is 76.2 Å². The van der Waals surface area contributed by atoms with Gasteiger partial charge in [0.1, 0.15) is 29.6 Å². The zero-order valence-corrected chi connectivity index (χ0v) is 20.7. The molecular weight excluding hydrogens is 518 g/mol. The Kier molecular flexibility index (Phi) is 8.78. The molecule has 0 aliphatic heterocycles. The minimum atomic E-state index is -5.18. The fourth-order valence-electron chi connectivity index (χ4n) is 3.64. The Morgan fingerprint density at radius 2 is 1.78 bits per heavy atom. The highest BCUT2D eigenvalue weighted by atomic mass is 35.5. The number of aliphatic hydroxyl groups excluding tert-OH is 1. The van der Waals surface area contributed by atoms with Crippen molar-refractivity contribution in [1.82, 2.24) is 4.98 Å². The van der Waals surface area contributed by atoms with Crippen molar-refractivity contribution >= 4 is 17.4 Å². The number of ether oxygens (including phenoxy) is 2. The van der Waals surface area contributed by atoms with Crippen LogP contribution in [0.3, 0.4) is 0 Å². The second kappa shape index (κ2) is 11.5. The Hall–Kier alpha value is -3.21. The third-order valence-corrected chi connectivity index (χ3v) is 6.01. The lowest BCUT2D eigenvalue weighted by Gasteiger charge is -2.30. The van der Waals surface area contributed by atoms with E-state index >= 15 is 0 Å². The van der Waals surface area contributed by atoms with E-state index in [9.17, 15) is 27.5 Å². The van der Waals surface area contributed by atoms with Crippen molar-refractivity contribution in [1.29, 1.82) is 0 Å². The molecule has 37 heavy (non-hydrogen) atoms. The number of halogens is 5. The van der Waals surface area contributed by atoms with Gasteiger partial charge >= 0.3 is 6.18 Å². The number of aliphatic hydroxyl groups is 2. The number of aryl methyl sites for hydroxylation is 1. The van der Waals surface area contributed by atoms with Gasteiger partial charge in [-0.05, 0) is 67.4 Å². The van der Waals surface area contributed by atoms with Crippen molar-refractivity contribution in [2.45, 2.75) is 31.5 Å². The molecule has 0 radical (unpaired) electrons. The number of Topliss-reactive ketones (excluding diaryl/α,β-unsaturated/α-hetero) is 1. The van der Waals surface area contributed by atoms with Gasteiger partial charge in [0, 0.05) is 17.5 Å². The Bertz CT molecular complexity index is 1280. The van der Waals surface area contributed by atoms with Crippen LogP contribution in [0.2, 0.25) is 5.02 Å². The molecule has 3 rings (SSSR count). The monoisotopic (exact) mass is 541 g/mol. The number of ketones is 1. The number of hydrogen-bond donors (Lipinski definition) is 2. The van der Waals surface area contributed by atoms with E-state index in [2.05, 4.69) is 4.98 Å². The van der Waals surface area contributed by atoms with Crippen LogP contribution in [0.15, 0.2) is 48.5 Å². The van der Waals surface area contributed by atoms with E-state index in [0.29, 0.717) is 0 Å². The molecule has 2 aromatic carbocycles. The summed E-state index contributed by atoms with van der Waals surface area (Å²) in [5.74, 6) is -0.878. The molecule has 0 bridgehead atoms. The molecule has 1 unspecified atom stereocenters. The lowest BCUT2D eigenvalue weighted by molar-refractivity contribution is -0.270. The van der Waals surface area contributed by atoms with Gasteiger partial charge in [-0.2, -0.15) is 13.2 Å². The molecule has 0 saturated carbocycles. The molecule has 0 amide bonds. The van der Waals surface area contributed by atoms with Gasteiger partial charge in [0.05, 0.1) is 24.4 Å². The molecule has 0 spiro atoms. The average Bonchev–Trinajstić information content (AvgIpc) is 2.86. The van der Waals surface area contributed by atoms with E-state index < -0.39 is 41.9 Å². The van der Waals surface area contributed by atoms with E-state index in [1.165, 1.54) is 50.4 Å². The van der Waals surface area contributed by atoms with E-state index in [-0.39, 0.29) is 52.1 Å². The molecule has 1 aromatic heterocycles. The summed E-state index contributed by atoms with van der Waals surface area (Å²) < 4.78 is 66.7. The Morgan fingerprint density at radius 3 is 2.38 bits per heavy atom. The van der Waals surface area contributed by atoms with Crippen molar-refractivity contribution in [2.75, 3.05) is 20.3 Å². The molecule has 11 heteroatoms. The van der Waals surface area contributed by atoms with Gasteiger partial charge in [0.2, 0.25) is 5.60 Å². The van der Waals surface area contributed by atoms with Gasteiger partial charge < -0.3 is 19.7 Å². The van der Waals surface area contributed by atoms with Crippen LogP contribution in [0.4, 0.5) is 17.6 Å². The van der Waals surface area contributed by atoms with Gasteiger partial charge in [-0.25, -0.2) is 9.37 Å². The Morgan fingerprint density at radius 1 is 1.08 bits per heavy atom. The number of alkyl halides is 3. The number of carbonyl (C=O) groups excluding carboxylic acids is 1. The Labute approximate surface area is 215 Å². The molecule has 3 aromatic rings. The predicted octanol–water partition coefficient (Wildman–Crippen LogP) is 5.64. The summed E-state index contributed by atoms with van der Waals surface area (Å²) in [6, 6.07) is 10.0. The average molecular weight is 542 g/mol. The van der Waals surface area contributed by atoms with Crippen LogP contribution in [0, 0.1) is 12.7 Å². The van der Waals surface area contributed by atoms with Gasteiger partial charge in [-0.15, -0.1) is 0 Å². The molecule has 6 nitrogen and oxygen atoms in total. The van der Waals surface area contributed by atoms with E-state index in [4.69, 9.17) is 26.2 Å². The highest BCUT2D eigenvalue weighted by molar-refractivity contribution is 6.32. The lowest BCUT2D eigenvalue weighted by atomic mass is 9.89. The van der Waals surface area contributed by atoms with Crippen LogP contribution in [-0.2, 0) is 5.60 Å². The standard InChI is InChI=1S/C26H24ClF4NO5/c1-15-13-17(3-5-19(15)28)24-22(36-2)7-8-23(32-24)25(35,26(29,30)31)10-9-20(34)16-4-6-21(18(27)14-16)37-12-11-33/h3-8,13-14,33,35H,9-12H2,1-2H3. The molecule has 198 valence electrons. The Balaban J connectivity index is 1.93. The third kappa shape index (κ3) is 6.20. The second-order valence-electron chi connectivity index (χ2n) is 8.21. The third-order valence-electron chi connectivity index (χ3n) is 5.72. The first-order chi connectivity index (χ1) is 17.4. The highest BCUT2D eigenvalue weighted by Crippen LogP contribution is 2.43. The van der Waals surface area contributed by atoms with Gasteiger partial charge in [0.25, 0.3) is 0 Å². The molecule has 2 N–H and O–H groups in total. The topological polar surface area (TPSA) is 88.9 Å². The zero-order valence-electron chi connectivity index (χ0n) is 19.9.